The monoisotopic (exact) mass is 399 g/mol. The number of imidazole rings is 1. The molecule has 0 aliphatic carbocycles. The van der Waals surface area contributed by atoms with Crippen LogP contribution in [0.2, 0.25) is 5.02 Å². The number of ether oxygens (including phenoxy) is 1. The third-order valence-electron chi connectivity index (χ3n) is 4.54. The zero-order chi connectivity index (χ0) is 19.9. The summed E-state index contributed by atoms with van der Waals surface area (Å²) in [6, 6.07) is 15.5. The van der Waals surface area contributed by atoms with Crippen LogP contribution in [-0.2, 0) is 17.9 Å². The molecule has 148 valence electrons. The molecule has 0 saturated heterocycles. The summed E-state index contributed by atoms with van der Waals surface area (Å²) in [6.45, 7) is 5.69. The lowest BCUT2D eigenvalue weighted by molar-refractivity contribution is -0.124. The Morgan fingerprint density at radius 2 is 1.89 bits per heavy atom. The van der Waals surface area contributed by atoms with E-state index in [0.717, 1.165) is 42.0 Å². The van der Waals surface area contributed by atoms with Gasteiger partial charge in [-0.25, -0.2) is 4.98 Å². The molecule has 1 heterocycles. The smallest absolute Gasteiger partial charge is 0.222 e. The van der Waals surface area contributed by atoms with E-state index in [0.29, 0.717) is 18.2 Å². The number of carbonyl (C=O) groups excluding carboxylic acids is 1. The SMILES string of the molecule is CC(C)C(=O)NCc1nc2ccccc2n1CCCCOc1ccc(Cl)cc1. The van der Waals surface area contributed by atoms with Gasteiger partial charge in [0, 0.05) is 17.5 Å². The van der Waals surface area contributed by atoms with Crippen molar-refractivity contribution in [1.82, 2.24) is 14.9 Å². The van der Waals surface area contributed by atoms with Crippen LogP contribution in [0.4, 0.5) is 0 Å². The maximum atomic E-state index is 11.9. The lowest BCUT2D eigenvalue weighted by atomic mass is 10.2. The van der Waals surface area contributed by atoms with Gasteiger partial charge in [0.2, 0.25) is 5.91 Å². The number of benzene rings is 2. The maximum absolute atomic E-state index is 11.9. The predicted molar refractivity (Wildman–Crippen MR) is 113 cm³/mol. The van der Waals surface area contributed by atoms with Crippen LogP contribution < -0.4 is 10.1 Å². The van der Waals surface area contributed by atoms with Crippen LogP contribution in [0.1, 0.15) is 32.5 Å². The first-order chi connectivity index (χ1) is 13.5. The van der Waals surface area contributed by atoms with Crippen molar-refractivity contribution in [1.29, 1.82) is 0 Å². The highest BCUT2D eigenvalue weighted by atomic mass is 35.5. The largest absolute Gasteiger partial charge is 0.494 e. The molecule has 1 aromatic heterocycles. The molecule has 3 aromatic rings. The van der Waals surface area contributed by atoms with Crippen molar-refractivity contribution in [2.75, 3.05) is 6.61 Å². The third kappa shape index (κ3) is 5.26. The maximum Gasteiger partial charge on any atom is 0.222 e. The van der Waals surface area contributed by atoms with E-state index < -0.39 is 0 Å². The molecule has 3 rings (SSSR count). The standard InChI is InChI=1S/C22H26ClN3O2/c1-16(2)22(27)24-15-21-25-19-7-3-4-8-20(19)26(21)13-5-6-14-28-18-11-9-17(23)10-12-18/h3-4,7-12,16H,5-6,13-15H2,1-2H3,(H,24,27). The van der Waals surface area contributed by atoms with Gasteiger partial charge >= 0.3 is 0 Å². The Morgan fingerprint density at radius 1 is 1.14 bits per heavy atom. The first kappa shape index (κ1) is 20.2. The molecule has 5 nitrogen and oxygen atoms in total. The Hall–Kier alpha value is -2.53. The van der Waals surface area contributed by atoms with Crippen LogP contribution >= 0.6 is 11.6 Å². The van der Waals surface area contributed by atoms with E-state index in [1.165, 1.54) is 0 Å². The Labute approximate surface area is 170 Å². The van der Waals surface area contributed by atoms with Gasteiger partial charge in [0.15, 0.2) is 0 Å². The molecule has 1 amide bonds. The Balaban J connectivity index is 1.58. The number of aromatic nitrogens is 2. The molecular weight excluding hydrogens is 374 g/mol. The molecule has 0 aliphatic heterocycles. The molecule has 28 heavy (non-hydrogen) atoms. The first-order valence-electron chi connectivity index (χ1n) is 9.65. The van der Waals surface area contributed by atoms with Crippen LogP contribution in [0.25, 0.3) is 11.0 Å². The number of amides is 1. The molecule has 1 N–H and O–H groups in total. The van der Waals surface area contributed by atoms with Gasteiger partial charge in [-0.1, -0.05) is 37.6 Å². The van der Waals surface area contributed by atoms with Crippen molar-refractivity contribution in [3.8, 4) is 5.75 Å². The fourth-order valence-electron chi connectivity index (χ4n) is 2.97. The minimum absolute atomic E-state index is 0.0370. The second kappa shape index (κ2) is 9.60. The van der Waals surface area contributed by atoms with Crippen LogP contribution in [0, 0.1) is 5.92 Å². The summed E-state index contributed by atoms with van der Waals surface area (Å²) in [5.41, 5.74) is 2.05. The average Bonchev–Trinajstić information content (AvgIpc) is 3.04. The molecule has 0 unspecified atom stereocenters. The minimum atomic E-state index is -0.0390. The van der Waals surface area contributed by atoms with E-state index in [1.807, 2.05) is 56.3 Å². The molecule has 0 atom stereocenters. The molecule has 0 saturated carbocycles. The van der Waals surface area contributed by atoms with Crippen molar-refractivity contribution in [3.05, 3.63) is 59.4 Å². The van der Waals surface area contributed by atoms with Gasteiger partial charge in [0.05, 0.1) is 24.2 Å². The number of halogens is 1. The summed E-state index contributed by atoms with van der Waals surface area (Å²) < 4.78 is 7.96. The number of hydrogen-bond acceptors (Lipinski definition) is 3. The van der Waals surface area contributed by atoms with E-state index in [4.69, 9.17) is 21.3 Å². The summed E-state index contributed by atoms with van der Waals surface area (Å²) in [6.07, 6.45) is 1.88. The van der Waals surface area contributed by atoms with Crippen molar-refractivity contribution >= 4 is 28.5 Å². The highest BCUT2D eigenvalue weighted by molar-refractivity contribution is 6.30. The molecule has 0 spiro atoms. The van der Waals surface area contributed by atoms with E-state index in [1.54, 1.807) is 0 Å². The van der Waals surface area contributed by atoms with Crippen LogP contribution in [0.15, 0.2) is 48.5 Å². The summed E-state index contributed by atoms with van der Waals surface area (Å²) in [5, 5.41) is 3.67. The number of unbranched alkanes of at least 4 members (excludes halogenated alkanes) is 1. The van der Waals surface area contributed by atoms with Crippen LogP contribution in [0.3, 0.4) is 0 Å². The highest BCUT2D eigenvalue weighted by Gasteiger charge is 2.12. The molecule has 0 fully saturated rings. The topological polar surface area (TPSA) is 56.2 Å². The number of fused-ring (bicyclic) bond motifs is 1. The van der Waals surface area contributed by atoms with Gasteiger partial charge in [-0.3, -0.25) is 4.79 Å². The number of nitrogens with zero attached hydrogens (tertiary/aromatic N) is 2. The van der Waals surface area contributed by atoms with Crippen molar-refractivity contribution in [3.63, 3.8) is 0 Å². The summed E-state index contributed by atoms with van der Waals surface area (Å²) in [4.78, 5) is 16.6. The molecule has 0 bridgehead atoms. The predicted octanol–water partition coefficient (Wildman–Crippen LogP) is 4.82. The van der Waals surface area contributed by atoms with Gasteiger partial charge in [-0.15, -0.1) is 0 Å². The van der Waals surface area contributed by atoms with Gasteiger partial charge in [0.25, 0.3) is 0 Å². The summed E-state index contributed by atoms with van der Waals surface area (Å²) in [7, 11) is 0. The molecule has 0 radical (unpaired) electrons. The van der Waals surface area contributed by atoms with E-state index >= 15 is 0 Å². The van der Waals surface area contributed by atoms with Gasteiger partial charge in [-0.05, 0) is 49.2 Å². The van der Waals surface area contributed by atoms with Crippen LogP contribution in [0.5, 0.6) is 5.75 Å². The average molecular weight is 400 g/mol. The Bertz CT molecular complexity index is 919. The highest BCUT2D eigenvalue weighted by Crippen LogP contribution is 2.18. The van der Waals surface area contributed by atoms with Gasteiger partial charge in [-0.2, -0.15) is 0 Å². The molecule has 2 aromatic carbocycles. The van der Waals surface area contributed by atoms with Gasteiger partial charge in [0.1, 0.15) is 11.6 Å². The van der Waals surface area contributed by atoms with Crippen molar-refractivity contribution < 1.29 is 9.53 Å². The second-order valence-corrected chi connectivity index (χ2v) is 7.49. The third-order valence-corrected chi connectivity index (χ3v) is 4.79. The second-order valence-electron chi connectivity index (χ2n) is 7.05. The Morgan fingerprint density at radius 3 is 2.64 bits per heavy atom. The normalized spacial score (nSPS) is 11.1. The number of carbonyl (C=O) groups is 1. The number of rotatable bonds is 9. The number of aryl methyl sites for hydroxylation is 1. The first-order valence-corrected chi connectivity index (χ1v) is 10.0. The van der Waals surface area contributed by atoms with Crippen LogP contribution in [-0.4, -0.2) is 22.1 Å². The fourth-order valence-corrected chi connectivity index (χ4v) is 3.10. The number of hydrogen-bond donors (Lipinski definition) is 1. The zero-order valence-electron chi connectivity index (χ0n) is 16.3. The molecular formula is C22H26ClN3O2. The van der Waals surface area contributed by atoms with Crippen molar-refractivity contribution in [2.24, 2.45) is 5.92 Å². The lowest BCUT2D eigenvalue weighted by Crippen LogP contribution is -2.28. The van der Waals surface area contributed by atoms with Gasteiger partial charge < -0.3 is 14.6 Å². The van der Waals surface area contributed by atoms with E-state index in [-0.39, 0.29) is 11.8 Å². The van der Waals surface area contributed by atoms with Crippen molar-refractivity contribution in [2.45, 2.75) is 39.8 Å². The quantitative estimate of drug-likeness (QED) is 0.525. The number of nitrogens with one attached hydrogen (secondary N) is 1. The zero-order valence-corrected chi connectivity index (χ0v) is 17.1. The Kier molecular flexibility index (Phi) is 6.93. The lowest BCUT2D eigenvalue weighted by Gasteiger charge is -2.12. The summed E-state index contributed by atoms with van der Waals surface area (Å²) in [5.74, 6) is 1.71. The minimum Gasteiger partial charge on any atom is -0.494 e. The number of para-hydroxylation sites is 2. The molecule has 0 aliphatic rings. The summed E-state index contributed by atoms with van der Waals surface area (Å²) >= 11 is 5.89. The fraction of sp³-hybridized carbons (Fsp3) is 0.364. The molecule has 6 heteroatoms. The van der Waals surface area contributed by atoms with E-state index in [2.05, 4.69) is 16.0 Å². The van der Waals surface area contributed by atoms with E-state index in [9.17, 15) is 4.79 Å².